The van der Waals surface area contributed by atoms with E-state index in [-0.39, 0.29) is 19.4 Å². The summed E-state index contributed by atoms with van der Waals surface area (Å²) in [7, 11) is 0. The average Bonchev–Trinajstić information content (AvgIpc) is 3.28. The second kappa shape index (κ2) is 35.7. The molecule has 2 heterocycles. The zero-order chi connectivity index (χ0) is 46.1. The van der Waals surface area contributed by atoms with Gasteiger partial charge in [0, 0.05) is 12.8 Å². The van der Waals surface area contributed by atoms with E-state index in [1.165, 1.54) is 51.4 Å². The van der Waals surface area contributed by atoms with Gasteiger partial charge in [-0.05, 0) is 32.1 Å². The van der Waals surface area contributed by atoms with Crippen molar-refractivity contribution in [1.29, 1.82) is 0 Å². The summed E-state index contributed by atoms with van der Waals surface area (Å²) in [5.41, 5.74) is 0. The van der Waals surface area contributed by atoms with Crippen molar-refractivity contribution in [3.8, 4) is 0 Å². The summed E-state index contributed by atoms with van der Waals surface area (Å²) in [6, 6.07) is 0. The molecule has 2 rings (SSSR count). The monoisotopic (exact) mass is 899 g/mol. The molecule has 15 nitrogen and oxygen atoms in total. The van der Waals surface area contributed by atoms with Crippen molar-refractivity contribution in [2.75, 3.05) is 26.4 Å². The normalized spacial score (nSPS) is 27.3. The van der Waals surface area contributed by atoms with Crippen LogP contribution in [0, 0.1) is 0 Å². The third-order valence-corrected chi connectivity index (χ3v) is 11.2. The molecule has 11 atom stereocenters. The highest BCUT2D eigenvalue weighted by Crippen LogP contribution is 2.26. The zero-order valence-corrected chi connectivity index (χ0v) is 38.0. The second-order valence-electron chi connectivity index (χ2n) is 16.7. The van der Waals surface area contributed by atoms with E-state index in [4.69, 9.17) is 28.4 Å². The van der Waals surface area contributed by atoms with Crippen LogP contribution in [0.1, 0.15) is 149 Å². The highest BCUT2D eigenvalue weighted by atomic mass is 16.7. The van der Waals surface area contributed by atoms with Crippen molar-refractivity contribution in [2.24, 2.45) is 0 Å². The molecule has 0 radical (unpaired) electrons. The van der Waals surface area contributed by atoms with Gasteiger partial charge < -0.3 is 64.2 Å². The Morgan fingerprint density at radius 2 is 1.00 bits per heavy atom. The fraction of sp³-hybridized carbons (Fsp3) is 0.792. The van der Waals surface area contributed by atoms with Crippen LogP contribution in [-0.2, 0) is 38.0 Å². The van der Waals surface area contributed by atoms with Crippen LogP contribution in [0.2, 0.25) is 0 Å². The fourth-order valence-electron chi connectivity index (χ4n) is 7.23. The summed E-state index contributed by atoms with van der Waals surface area (Å²) < 4.78 is 33.5. The van der Waals surface area contributed by atoms with E-state index >= 15 is 0 Å². The van der Waals surface area contributed by atoms with E-state index in [0.29, 0.717) is 12.8 Å². The fourth-order valence-corrected chi connectivity index (χ4v) is 7.23. The van der Waals surface area contributed by atoms with E-state index in [2.05, 4.69) is 26.0 Å². The van der Waals surface area contributed by atoms with E-state index in [9.17, 15) is 45.3 Å². The van der Waals surface area contributed by atoms with Crippen LogP contribution in [0.4, 0.5) is 0 Å². The molecule has 7 N–H and O–H groups in total. The average molecular weight is 899 g/mol. The number of unbranched alkanes of at least 4 members (excludes halogenated alkanes) is 16. The van der Waals surface area contributed by atoms with Gasteiger partial charge >= 0.3 is 11.9 Å². The van der Waals surface area contributed by atoms with Gasteiger partial charge in [-0.1, -0.05) is 152 Å². The first-order valence-corrected chi connectivity index (χ1v) is 23.8. The molecule has 364 valence electrons. The van der Waals surface area contributed by atoms with Gasteiger partial charge in [-0.2, -0.15) is 0 Å². The van der Waals surface area contributed by atoms with Crippen molar-refractivity contribution < 1.29 is 73.8 Å². The molecule has 63 heavy (non-hydrogen) atoms. The Hall–Kier alpha value is -2.54. The topological polar surface area (TPSA) is 231 Å². The second-order valence-corrected chi connectivity index (χ2v) is 16.7. The van der Waals surface area contributed by atoms with Crippen LogP contribution < -0.4 is 0 Å². The number of rotatable bonds is 35. The molecule has 0 aromatic heterocycles. The number of hydrogen-bond donors (Lipinski definition) is 7. The Morgan fingerprint density at radius 3 is 1.57 bits per heavy atom. The Kier molecular flexibility index (Phi) is 32.1. The van der Waals surface area contributed by atoms with Crippen LogP contribution >= 0.6 is 0 Å². The molecular formula is C48H82O15. The molecule has 2 aliphatic heterocycles. The van der Waals surface area contributed by atoms with Gasteiger partial charge in [0.2, 0.25) is 0 Å². The first-order chi connectivity index (χ1) is 30.5. The first kappa shape index (κ1) is 56.6. The first-order valence-electron chi connectivity index (χ1n) is 23.8. The highest BCUT2D eigenvalue weighted by Gasteiger charge is 2.47. The van der Waals surface area contributed by atoms with Gasteiger partial charge in [0.1, 0.15) is 55.4 Å². The van der Waals surface area contributed by atoms with Crippen molar-refractivity contribution >= 4 is 11.9 Å². The lowest BCUT2D eigenvalue weighted by atomic mass is 9.98. The third kappa shape index (κ3) is 24.5. The number of carbonyl (C=O) groups excluding carboxylic acids is 2. The van der Waals surface area contributed by atoms with E-state index < -0.39 is 99.3 Å². The Labute approximate surface area is 376 Å². The van der Waals surface area contributed by atoms with Gasteiger partial charge in [-0.25, -0.2) is 0 Å². The lowest BCUT2D eigenvalue weighted by Gasteiger charge is -2.42. The number of esters is 2. The summed E-state index contributed by atoms with van der Waals surface area (Å²) in [6.45, 7) is 2.40. The molecule has 0 aromatic rings. The quantitative estimate of drug-likeness (QED) is 0.0235. The van der Waals surface area contributed by atoms with Crippen molar-refractivity contribution in [2.45, 2.75) is 216 Å². The van der Waals surface area contributed by atoms with Crippen LogP contribution in [-0.4, -0.2) is 142 Å². The zero-order valence-electron chi connectivity index (χ0n) is 38.0. The van der Waals surface area contributed by atoms with Gasteiger partial charge in [0.15, 0.2) is 18.7 Å². The van der Waals surface area contributed by atoms with Crippen LogP contribution in [0.15, 0.2) is 48.6 Å². The lowest BCUT2D eigenvalue weighted by Crippen LogP contribution is -2.61. The Bertz CT molecular complexity index is 1290. The smallest absolute Gasteiger partial charge is 0.306 e. The maximum atomic E-state index is 12.9. The van der Waals surface area contributed by atoms with Gasteiger partial charge in [-0.3, -0.25) is 9.59 Å². The lowest BCUT2D eigenvalue weighted by molar-refractivity contribution is -0.332. The number of aliphatic hydroxyl groups is 7. The highest BCUT2D eigenvalue weighted by molar-refractivity contribution is 5.70. The summed E-state index contributed by atoms with van der Waals surface area (Å²) in [4.78, 5) is 25.6. The Balaban J connectivity index is 1.86. The maximum absolute atomic E-state index is 12.9. The maximum Gasteiger partial charge on any atom is 0.306 e. The molecule has 2 saturated heterocycles. The van der Waals surface area contributed by atoms with Crippen LogP contribution in [0.25, 0.3) is 0 Å². The minimum Gasteiger partial charge on any atom is -0.462 e. The molecule has 0 amide bonds. The van der Waals surface area contributed by atoms with Gasteiger partial charge in [0.25, 0.3) is 0 Å². The third-order valence-electron chi connectivity index (χ3n) is 11.2. The molecule has 0 aromatic carbocycles. The van der Waals surface area contributed by atoms with E-state index in [0.717, 1.165) is 57.8 Å². The molecule has 2 aliphatic rings. The molecule has 0 bridgehead atoms. The number of aliphatic hydroxyl groups excluding tert-OH is 7. The van der Waals surface area contributed by atoms with Crippen molar-refractivity contribution in [3.05, 3.63) is 48.6 Å². The molecular weight excluding hydrogens is 817 g/mol. The SMILES string of the molecule is CC/C=C/C=C/C=C/C=C/CCCCCCCC(=O)O[C@H](COC(=O)CCCCCCCCCCCCCC)CO[C@@H]1O[C@H](CO[C@@H]2O[C@H](CO)[C@H](O)C(O)C2O)[C@H](O)C(O)C1O. The molecule has 0 aliphatic carbocycles. The largest absolute Gasteiger partial charge is 0.462 e. The minimum absolute atomic E-state index is 0.139. The van der Waals surface area contributed by atoms with Gasteiger partial charge in [0.05, 0.1) is 19.8 Å². The predicted molar refractivity (Wildman–Crippen MR) is 238 cm³/mol. The minimum atomic E-state index is -1.77. The molecule has 0 saturated carbocycles. The predicted octanol–water partition coefficient (Wildman–Crippen LogP) is 5.54. The number of carbonyl (C=O) groups is 2. The van der Waals surface area contributed by atoms with Crippen LogP contribution in [0.3, 0.4) is 0 Å². The summed E-state index contributed by atoms with van der Waals surface area (Å²) in [5.74, 6) is -0.954. The summed E-state index contributed by atoms with van der Waals surface area (Å²) in [5, 5.41) is 71.9. The summed E-state index contributed by atoms with van der Waals surface area (Å²) in [6.07, 6.45) is 20.0. The Morgan fingerprint density at radius 1 is 0.524 bits per heavy atom. The van der Waals surface area contributed by atoms with Crippen molar-refractivity contribution in [3.63, 3.8) is 0 Å². The van der Waals surface area contributed by atoms with E-state index in [1.54, 1.807) is 0 Å². The molecule has 0 spiro atoms. The number of hydrogen-bond acceptors (Lipinski definition) is 15. The van der Waals surface area contributed by atoms with Gasteiger partial charge in [-0.15, -0.1) is 0 Å². The van der Waals surface area contributed by atoms with Crippen LogP contribution in [0.5, 0.6) is 0 Å². The van der Waals surface area contributed by atoms with E-state index in [1.807, 2.05) is 36.5 Å². The number of ether oxygens (including phenoxy) is 6. The molecule has 4 unspecified atom stereocenters. The number of allylic oxidation sites excluding steroid dienone is 8. The molecule has 2 fully saturated rings. The standard InChI is InChI=1S/C48H82O15/c1-3-5-7-9-11-13-15-17-18-19-21-23-25-27-29-31-40(51)61-36(33-58-39(50)30-28-26-24-22-20-16-14-12-10-8-6-4-2)34-59-47-46(57)44(55)42(53)38(63-47)35-60-48-45(56)43(54)41(52)37(32-49)62-48/h5,7,9,11,13,15,17-18,36-38,41-49,52-57H,3-4,6,8,10,12,14,16,19-35H2,1-2H3/b7-5+,11-9+,15-13+,18-17+/t36-,37-,38-,41+,42+,43?,44?,45?,46?,47-,48-/m1/s1. The summed E-state index contributed by atoms with van der Waals surface area (Å²) >= 11 is 0. The molecule has 15 heteroatoms. The van der Waals surface area contributed by atoms with Crippen molar-refractivity contribution in [1.82, 2.24) is 0 Å².